The number of fused-ring (bicyclic) bond motifs is 1. The van der Waals surface area contributed by atoms with Crippen LogP contribution >= 0.6 is 0 Å². The lowest BCUT2D eigenvalue weighted by Crippen LogP contribution is -2.26. The van der Waals surface area contributed by atoms with Gasteiger partial charge in [-0.1, -0.05) is 18.2 Å². The number of hydrogen-bond acceptors (Lipinski definition) is 4. The molecule has 1 aliphatic rings. The average Bonchev–Trinajstić information content (AvgIpc) is 3.37. The average molecular weight is 392 g/mol. The molecule has 6 heteroatoms. The first-order chi connectivity index (χ1) is 13.7. The van der Waals surface area contributed by atoms with Gasteiger partial charge < -0.3 is 10.6 Å². The molecule has 29 heavy (non-hydrogen) atoms. The minimum Gasteiger partial charge on any atom is -0.363 e. The molecule has 1 saturated carbocycles. The molecule has 6 nitrogen and oxygen atoms in total. The van der Waals surface area contributed by atoms with E-state index >= 15 is 0 Å². The lowest BCUT2D eigenvalue weighted by Gasteiger charge is -2.19. The molecule has 1 atom stereocenters. The summed E-state index contributed by atoms with van der Waals surface area (Å²) in [5.41, 5.74) is 3.52. The fourth-order valence-corrected chi connectivity index (χ4v) is 3.47. The molecule has 152 valence electrons. The molecule has 1 aliphatic carbocycles. The second-order valence-electron chi connectivity index (χ2n) is 8.97. The van der Waals surface area contributed by atoms with Gasteiger partial charge in [0.2, 0.25) is 0 Å². The van der Waals surface area contributed by atoms with Gasteiger partial charge in [-0.3, -0.25) is 9.48 Å². The molecule has 0 radical (unpaired) electrons. The summed E-state index contributed by atoms with van der Waals surface area (Å²) >= 11 is 0. The SMILES string of the molecule is Cc1nn(C(C)(C)C)cc1C(C)Nc1cc(C(=O)NC2CC2)c2ccccc2n1. The summed E-state index contributed by atoms with van der Waals surface area (Å²) < 4.78 is 2.00. The van der Waals surface area contributed by atoms with Gasteiger partial charge in [-0.05, 0) is 59.6 Å². The molecule has 3 aromatic rings. The Morgan fingerprint density at radius 2 is 1.97 bits per heavy atom. The number of hydrogen-bond donors (Lipinski definition) is 2. The molecule has 1 fully saturated rings. The minimum atomic E-state index is -0.0714. The fourth-order valence-electron chi connectivity index (χ4n) is 3.47. The third-order valence-corrected chi connectivity index (χ3v) is 5.33. The van der Waals surface area contributed by atoms with Crippen molar-refractivity contribution in [2.45, 2.75) is 65.1 Å². The van der Waals surface area contributed by atoms with E-state index in [-0.39, 0.29) is 17.5 Å². The third-order valence-electron chi connectivity index (χ3n) is 5.33. The van der Waals surface area contributed by atoms with Crippen molar-refractivity contribution in [3.63, 3.8) is 0 Å². The van der Waals surface area contributed by atoms with E-state index in [1.54, 1.807) is 0 Å². The fraction of sp³-hybridized carbons (Fsp3) is 0.435. The van der Waals surface area contributed by atoms with E-state index in [0.29, 0.717) is 17.4 Å². The van der Waals surface area contributed by atoms with Crippen LogP contribution in [0.2, 0.25) is 0 Å². The Morgan fingerprint density at radius 3 is 2.62 bits per heavy atom. The molecule has 1 unspecified atom stereocenters. The van der Waals surface area contributed by atoms with E-state index in [1.807, 2.05) is 41.9 Å². The first-order valence-electron chi connectivity index (χ1n) is 10.3. The van der Waals surface area contributed by atoms with Crippen LogP contribution in [0.15, 0.2) is 36.5 Å². The Bertz CT molecular complexity index is 1060. The van der Waals surface area contributed by atoms with Crippen molar-refractivity contribution in [3.8, 4) is 0 Å². The van der Waals surface area contributed by atoms with Gasteiger partial charge in [0.1, 0.15) is 5.82 Å². The van der Waals surface area contributed by atoms with Gasteiger partial charge in [0.25, 0.3) is 5.91 Å². The Labute approximate surface area is 171 Å². The number of nitrogens with zero attached hydrogens (tertiary/aromatic N) is 3. The summed E-state index contributed by atoms with van der Waals surface area (Å²) in [6, 6.07) is 9.98. The monoisotopic (exact) mass is 391 g/mol. The largest absolute Gasteiger partial charge is 0.363 e. The second-order valence-corrected chi connectivity index (χ2v) is 8.97. The van der Waals surface area contributed by atoms with E-state index in [1.165, 1.54) is 0 Å². The zero-order chi connectivity index (χ0) is 20.8. The molecule has 0 bridgehead atoms. The molecular formula is C23H29N5O. The summed E-state index contributed by atoms with van der Waals surface area (Å²) in [6.07, 6.45) is 4.22. The maximum Gasteiger partial charge on any atom is 0.252 e. The van der Waals surface area contributed by atoms with Gasteiger partial charge in [0.15, 0.2) is 0 Å². The van der Waals surface area contributed by atoms with Crippen LogP contribution in [0.1, 0.15) is 68.2 Å². The van der Waals surface area contributed by atoms with Crippen LogP contribution in [0.4, 0.5) is 5.82 Å². The molecule has 2 N–H and O–H groups in total. The highest BCUT2D eigenvalue weighted by atomic mass is 16.1. The molecular weight excluding hydrogens is 362 g/mol. The summed E-state index contributed by atoms with van der Waals surface area (Å²) in [5.74, 6) is 0.665. The van der Waals surface area contributed by atoms with Crippen LogP contribution in [-0.2, 0) is 5.54 Å². The molecule has 0 saturated heterocycles. The van der Waals surface area contributed by atoms with Crippen molar-refractivity contribution in [2.75, 3.05) is 5.32 Å². The van der Waals surface area contributed by atoms with Crippen molar-refractivity contribution in [2.24, 2.45) is 0 Å². The minimum absolute atomic E-state index is 0.0131. The number of aromatic nitrogens is 3. The lowest BCUT2D eigenvalue weighted by atomic mass is 10.1. The first-order valence-corrected chi connectivity index (χ1v) is 10.3. The van der Waals surface area contributed by atoms with E-state index in [4.69, 9.17) is 4.98 Å². The molecule has 0 spiro atoms. The summed E-state index contributed by atoms with van der Waals surface area (Å²) in [5, 5.41) is 12.1. The Hall–Kier alpha value is -2.89. The predicted molar refractivity (Wildman–Crippen MR) is 116 cm³/mol. The molecule has 1 aromatic carbocycles. The van der Waals surface area contributed by atoms with Gasteiger partial charge in [-0.15, -0.1) is 0 Å². The number of pyridine rings is 1. The number of carbonyl (C=O) groups excluding carboxylic acids is 1. The highest BCUT2D eigenvalue weighted by Crippen LogP contribution is 2.27. The van der Waals surface area contributed by atoms with E-state index < -0.39 is 0 Å². The zero-order valence-electron chi connectivity index (χ0n) is 17.8. The van der Waals surface area contributed by atoms with Crippen LogP contribution in [0, 0.1) is 6.92 Å². The summed E-state index contributed by atoms with van der Waals surface area (Å²) in [6.45, 7) is 10.5. The van der Waals surface area contributed by atoms with Crippen LogP contribution in [0.25, 0.3) is 10.9 Å². The molecule has 4 rings (SSSR count). The first kappa shape index (κ1) is 19.4. The van der Waals surface area contributed by atoms with Crippen molar-refractivity contribution >= 4 is 22.6 Å². The highest BCUT2D eigenvalue weighted by molar-refractivity contribution is 6.07. The maximum absolute atomic E-state index is 12.8. The van der Waals surface area contributed by atoms with Crippen LogP contribution in [0.3, 0.4) is 0 Å². The van der Waals surface area contributed by atoms with Crippen molar-refractivity contribution in [1.29, 1.82) is 0 Å². The standard InChI is InChI=1S/C23H29N5O/c1-14(19-13-28(23(3,4)5)27-15(19)2)24-21-12-18(22(29)25-16-10-11-16)17-8-6-7-9-20(17)26-21/h6-9,12-14,16H,10-11H2,1-5H3,(H,24,26)(H,25,29). The van der Waals surface area contributed by atoms with Crippen LogP contribution in [-0.4, -0.2) is 26.7 Å². The predicted octanol–water partition coefficient (Wildman–Crippen LogP) is 4.56. The highest BCUT2D eigenvalue weighted by Gasteiger charge is 2.25. The third kappa shape index (κ3) is 4.11. The quantitative estimate of drug-likeness (QED) is 0.669. The van der Waals surface area contributed by atoms with E-state index in [2.05, 4.69) is 49.6 Å². The van der Waals surface area contributed by atoms with Gasteiger partial charge in [-0.2, -0.15) is 5.10 Å². The Balaban J connectivity index is 1.65. The number of benzene rings is 1. The van der Waals surface area contributed by atoms with Crippen molar-refractivity contribution in [1.82, 2.24) is 20.1 Å². The molecule has 2 heterocycles. The van der Waals surface area contributed by atoms with Gasteiger partial charge in [0.05, 0.1) is 28.4 Å². The Kier molecular flexibility index (Phi) is 4.81. The summed E-state index contributed by atoms with van der Waals surface area (Å²) in [4.78, 5) is 17.6. The van der Waals surface area contributed by atoms with E-state index in [9.17, 15) is 4.79 Å². The number of amides is 1. The van der Waals surface area contributed by atoms with Crippen LogP contribution in [0.5, 0.6) is 0 Å². The second kappa shape index (κ2) is 7.17. The number of para-hydroxylation sites is 1. The number of anilines is 1. The number of nitrogens with one attached hydrogen (secondary N) is 2. The van der Waals surface area contributed by atoms with E-state index in [0.717, 1.165) is 35.0 Å². The maximum atomic E-state index is 12.8. The topological polar surface area (TPSA) is 71.8 Å². The zero-order valence-corrected chi connectivity index (χ0v) is 17.8. The number of aryl methyl sites for hydroxylation is 1. The van der Waals surface area contributed by atoms with Crippen molar-refractivity contribution in [3.05, 3.63) is 53.3 Å². The number of rotatable bonds is 5. The van der Waals surface area contributed by atoms with Gasteiger partial charge in [-0.25, -0.2) is 4.98 Å². The smallest absolute Gasteiger partial charge is 0.252 e. The molecule has 2 aromatic heterocycles. The number of carbonyl (C=O) groups is 1. The normalized spacial score (nSPS) is 15.3. The molecule has 1 amide bonds. The Morgan fingerprint density at radius 1 is 1.24 bits per heavy atom. The van der Waals surface area contributed by atoms with Crippen molar-refractivity contribution < 1.29 is 4.79 Å². The lowest BCUT2D eigenvalue weighted by molar-refractivity contribution is 0.0952. The summed E-state index contributed by atoms with van der Waals surface area (Å²) in [7, 11) is 0. The van der Waals surface area contributed by atoms with Gasteiger partial charge in [0, 0.05) is 23.2 Å². The van der Waals surface area contributed by atoms with Crippen LogP contribution < -0.4 is 10.6 Å². The van der Waals surface area contributed by atoms with Gasteiger partial charge >= 0.3 is 0 Å². The molecule has 0 aliphatic heterocycles.